The van der Waals surface area contributed by atoms with Crippen molar-refractivity contribution in [2.45, 2.75) is 59.4 Å². The van der Waals surface area contributed by atoms with Gasteiger partial charge in [-0.3, -0.25) is 15.0 Å². The highest BCUT2D eigenvalue weighted by Crippen LogP contribution is 2.14. The summed E-state index contributed by atoms with van der Waals surface area (Å²) in [4.78, 5) is 24.8. The van der Waals surface area contributed by atoms with Gasteiger partial charge < -0.3 is 0 Å². The third kappa shape index (κ3) is 6.15. The van der Waals surface area contributed by atoms with Gasteiger partial charge in [0.15, 0.2) is 0 Å². The van der Waals surface area contributed by atoms with E-state index in [1.54, 1.807) is 12.1 Å². The molecule has 0 saturated heterocycles. The average Bonchev–Trinajstić information content (AvgIpc) is 2.47. The molecule has 0 bridgehead atoms. The second kappa shape index (κ2) is 8.38. The quantitative estimate of drug-likeness (QED) is 0.686. The molecule has 1 N–H and O–H groups in total. The number of hydrogen-bond acceptors (Lipinski definition) is 2. The van der Waals surface area contributed by atoms with Gasteiger partial charge in [0.05, 0.1) is 5.54 Å². The topological polar surface area (TPSA) is 49.4 Å². The number of benzene rings is 1. The highest BCUT2D eigenvalue weighted by Gasteiger charge is 2.28. The lowest BCUT2D eigenvalue weighted by Crippen LogP contribution is -2.55. The number of carbonyl (C=O) groups excluding carboxylic acids is 2. The minimum atomic E-state index is -0.505. The predicted octanol–water partition coefficient (Wildman–Crippen LogP) is 3.46. The zero-order valence-corrected chi connectivity index (χ0v) is 14.7. The second-order valence-electron chi connectivity index (χ2n) is 6.42. The molecule has 1 aromatic carbocycles. The Morgan fingerprint density at radius 3 is 2.48 bits per heavy atom. The molecular formula is C19H26N2O2. The van der Waals surface area contributed by atoms with Gasteiger partial charge in [0.2, 0.25) is 5.91 Å². The van der Waals surface area contributed by atoms with Crippen molar-refractivity contribution in [1.29, 1.82) is 0 Å². The summed E-state index contributed by atoms with van der Waals surface area (Å²) in [5.41, 5.74) is 3.77. The first kappa shape index (κ1) is 18.8. The van der Waals surface area contributed by atoms with Crippen LogP contribution < -0.4 is 5.43 Å². The number of nitrogens with one attached hydrogen (secondary N) is 1. The Hall–Kier alpha value is -2.28. The summed E-state index contributed by atoms with van der Waals surface area (Å²) >= 11 is 0. The molecule has 4 nitrogen and oxygen atoms in total. The second-order valence-corrected chi connectivity index (χ2v) is 6.42. The smallest absolute Gasteiger partial charge is 0.269 e. The number of hydrogen-bond donors (Lipinski definition) is 1. The summed E-state index contributed by atoms with van der Waals surface area (Å²) in [6.45, 7) is 9.56. The van der Waals surface area contributed by atoms with Crippen LogP contribution in [0.1, 0.15) is 62.9 Å². The fourth-order valence-corrected chi connectivity index (χ4v) is 2.05. The lowest BCUT2D eigenvalue weighted by atomic mass is 10.1. The minimum Gasteiger partial charge on any atom is -0.273 e. The van der Waals surface area contributed by atoms with E-state index in [0.717, 1.165) is 12.0 Å². The number of hydrazine groups is 1. The Morgan fingerprint density at radius 1 is 1.22 bits per heavy atom. The monoisotopic (exact) mass is 314 g/mol. The Kier molecular flexibility index (Phi) is 6.84. The summed E-state index contributed by atoms with van der Waals surface area (Å²) in [6.07, 6.45) is 1.57. The molecular weight excluding hydrogens is 288 g/mol. The van der Waals surface area contributed by atoms with E-state index in [0.29, 0.717) is 18.4 Å². The number of amides is 2. The van der Waals surface area contributed by atoms with Gasteiger partial charge in [0.1, 0.15) is 0 Å². The van der Waals surface area contributed by atoms with Crippen molar-refractivity contribution in [3.63, 3.8) is 0 Å². The van der Waals surface area contributed by atoms with E-state index < -0.39 is 5.54 Å². The van der Waals surface area contributed by atoms with Crippen molar-refractivity contribution in [2.24, 2.45) is 0 Å². The van der Waals surface area contributed by atoms with E-state index in [1.807, 2.05) is 46.8 Å². The lowest BCUT2D eigenvalue weighted by molar-refractivity contribution is -0.139. The SMILES string of the molecule is CCC#CCCC(=O)N(NC(=O)c1cccc(C)c1)C(C)(C)C. The fraction of sp³-hybridized carbons (Fsp3) is 0.474. The molecule has 0 heterocycles. The molecule has 2 amide bonds. The van der Waals surface area contributed by atoms with Gasteiger partial charge in [0.25, 0.3) is 5.91 Å². The maximum atomic E-state index is 12.4. The molecule has 23 heavy (non-hydrogen) atoms. The molecule has 0 aliphatic heterocycles. The first-order chi connectivity index (χ1) is 10.8. The van der Waals surface area contributed by atoms with Crippen molar-refractivity contribution in [2.75, 3.05) is 0 Å². The molecule has 0 saturated carbocycles. The van der Waals surface area contributed by atoms with Gasteiger partial charge in [-0.05, 0) is 39.8 Å². The molecule has 0 fully saturated rings. The Bertz CT molecular complexity index is 618. The van der Waals surface area contributed by atoms with Crippen LogP contribution in [0.2, 0.25) is 0 Å². The number of carbonyl (C=O) groups is 2. The van der Waals surface area contributed by atoms with Crippen molar-refractivity contribution >= 4 is 11.8 Å². The molecule has 0 aromatic heterocycles. The van der Waals surface area contributed by atoms with Crippen LogP contribution in [0, 0.1) is 18.8 Å². The van der Waals surface area contributed by atoms with E-state index >= 15 is 0 Å². The van der Waals surface area contributed by atoms with E-state index in [2.05, 4.69) is 17.3 Å². The van der Waals surface area contributed by atoms with Gasteiger partial charge in [0, 0.05) is 24.8 Å². The molecule has 0 aliphatic rings. The average molecular weight is 314 g/mol. The number of aryl methyl sites for hydroxylation is 1. The fourth-order valence-electron chi connectivity index (χ4n) is 2.05. The van der Waals surface area contributed by atoms with Crippen LogP contribution >= 0.6 is 0 Å². The molecule has 0 spiro atoms. The molecule has 0 atom stereocenters. The van der Waals surface area contributed by atoms with Gasteiger partial charge in [-0.1, -0.05) is 24.6 Å². The first-order valence-electron chi connectivity index (χ1n) is 7.92. The summed E-state index contributed by atoms with van der Waals surface area (Å²) in [5.74, 6) is 5.48. The van der Waals surface area contributed by atoms with Crippen LogP contribution in [-0.4, -0.2) is 22.4 Å². The lowest BCUT2D eigenvalue weighted by Gasteiger charge is -2.35. The van der Waals surface area contributed by atoms with E-state index in [1.165, 1.54) is 5.01 Å². The van der Waals surface area contributed by atoms with Crippen LogP contribution in [0.25, 0.3) is 0 Å². The summed E-state index contributed by atoms with van der Waals surface area (Å²) < 4.78 is 0. The Balaban J connectivity index is 2.83. The molecule has 0 radical (unpaired) electrons. The van der Waals surface area contributed by atoms with E-state index in [9.17, 15) is 9.59 Å². The maximum absolute atomic E-state index is 12.4. The number of nitrogens with zero attached hydrogens (tertiary/aromatic N) is 1. The molecule has 0 aliphatic carbocycles. The van der Waals surface area contributed by atoms with Crippen LogP contribution in [0.3, 0.4) is 0 Å². The highest BCUT2D eigenvalue weighted by atomic mass is 16.2. The molecule has 1 rings (SSSR count). The molecule has 0 unspecified atom stereocenters. The minimum absolute atomic E-state index is 0.135. The van der Waals surface area contributed by atoms with Crippen LogP contribution in [0.5, 0.6) is 0 Å². The van der Waals surface area contributed by atoms with Gasteiger partial charge in [-0.2, -0.15) is 0 Å². The van der Waals surface area contributed by atoms with Crippen LogP contribution in [-0.2, 0) is 4.79 Å². The largest absolute Gasteiger partial charge is 0.273 e. The van der Waals surface area contributed by atoms with Crippen molar-refractivity contribution in [3.05, 3.63) is 35.4 Å². The third-order valence-corrected chi connectivity index (χ3v) is 3.18. The summed E-state index contributed by atoms with van der Waals surface area (Å²) in [5, 5.41) is 1.41. The Morgan fingerprint density at radius 2 is 1.91 bits per heavy atom. The van der Waals surface area contributed by atoms with Gasteiger partial charge >= 0.3 is 0 Å². The van der Waals surface area contributed by atoms with Crippen LogP contribution in [0.4, 0.5) is 0 Å². The van der Waals surface area contributed by atoms with Gasteiger partial charge in [-0.25, -0.2) is 5.01 Å². The van der Waals surface area contributed by atoms with Crippen LogP contribution in [0.15, 0.2) is 24.3 Å². The first-order valence-corrected chi connectivity index (χ1v) is 7.92. The molecule has 1 aromatic rings. The standard InChI is InChI=1S/C19H26N2O2/c1-6-7-8-9-13-17(22)21(19(3,4)5)20-18(23)16-12-10-11-15(2)14-16/h10-12,14H,6,9,13H2,1-5H3,(H,20,23). The van der Waals surface area contributed by atoms with Gasteiger partial charge in [-0.15, -0.1) is 11.8 Å². The number of rotatable bonds is 3. The third-order valence-electron chi connectivity index (χ3n) is 3.18. The van der Waals surface area contributed by atoms with Crippen molar-refractivity contribution < 1.29 is 9.59 Å². The highest BCUT2D eigenvalue weighted by molar-refractivity contribution is 5.95. The normalized spacial score (nSPS) is 10.5. The molecule has 124 valence electrons. The Labute approximate surface area is 139 Å². The zero-order chi connectivity index (χ0) is 17.5. The zero-order valence-electron chi connectivity index (χ0n) is 14.7. The van der Waals surface area contributed by atoms with Crippen molar-refractivity contribution in [1.82, 2.24) is 10.4 Å². The van der Waals surface area contributed by atoms with Crippen molar-refractivity contribution in [3.8, 4) is 11.8 Å². The molecule has 4 heteroatoms. The maximum Gasteiger partial charge on any atom is 0.269 e. The predicted molar refractivity (Wildman–Crippen MR) is 92.5 cm³/mol. The van der Waals surface area contributed by atoms with E-state index in [-0.39, 0.29) is 11.8 Å². The summed E-state index contributed by atoms with van der Waals surface area (Å²) in [6, 6.07) is 7.29. The summed E-state index contributed by atoms with van der Waals surface area (Å²) in [7, 11) is 0. The van der Waals surface area contributed by atoms with E-state index in [4.69, 9.17) is 0 Å².